The number of anilines is 1. The minimum absolute atomic E-state index is 0.108. The fraction of sp³-hybridized carbons (Fsp3) is 0.222. The molecule has 0 spiro atoms. The van der Waals surface area contributed by atoms with Crippen molar-refractivity contribution in [3.63, 3.8) is 0 Å². The van der Waals surface area contributed by atoms with Gasteiger partial charge in [0.05, 0.1) is 11.4 Å². The van der Waals surface area contributed by atoms with E-state index in [1.54, 1.807) is 12.1 Å². The maximum absolute atomic E-state index is 12.3. The standard InChI is InChI=1S/C18H16ClN5O6S/c19-11-1-4-14(24-10-20-9-21-24)13(7-11)22-16(25)8-29-18(26)15-5-6-17(30-15)31(27,28)23-12-2-3-12/h1,4-7,9-10,12,23H,2-3,8H2,(H,22,25). The molecule has 3 aromatic rings. The van der Waals surface area contributed by atoms with E-state index in [9.17, 15) is 18.0 Å². The Balaban J connectivity index is 1.37. The molecular formula is C18H16ClN5O6S. The lowest BCUT2D eigenvalue weighted by Crippen LogP contribution is -2.25. The second-order valence-corrected chi connectivity index (χ2v) is 8.72. The SMILES string of the molecule is O=C(COC(=O)c1ccc(S(=O)(=O)NC2CC2)o1)Nc1cc(Cl)ccc1-n1cncn1. The normalized spacial score (nSPS) is 13.7. The monoisotopic (exact) mass is 465 g/mol. The topological polar surface area (TPSA) is 145 Å². The molecule has 31 heavy (non-hydrogen) atoms. The molecule has 1 aliphatic carbocycles. The molecule has 1 fully saturated rings. The largest absolute Gasteiger partial charge is 0.450 e. The van der Waals surface area contributed by atoms with Crippen molar-refractivity contribution in [1.82, 2.24) is 19.5 Å². The summed E-state index contributed by atoms with van der Waals surface area (Å²) in [6.45, 7) is -0.634. The highest BCUT2D eigenvalue weighted by Gasteiger charge is 2.30. The van der Waals surface area contributed by atoms with E-state index in [0.29, 0.717) is 16.4 Å². The van der Waals surface area contributed by atoms with Crippen LogP contribution in [0.15, 0.2) is 52.5 Å². The lowest BCUT2D eigenvalue weighted by Gasteiger charge is -2.11. The van der Waals surface area contributed by atoms with Crippen LogP contribution < -0.4 is 10.0 Å². The van der Waals surface area contributed by atoms with Gasteiger partial charge in [-0.1, -0.05) is 11.6 Å². The van der Waals surface area contributed by atoms with Gasteiger partial charge >= 0.3 is 5.97 Å². The molecule has 0 bridgehead atoms. The van der Waals surface area contributed by atoms with Gasteiger partial charge in [-0.25, -0.2) is 27.6 Å². The smallest absolute Gasteiger partial charge is 0.374 e. The Morgan fingerprint density at radius 2 is 2.06 bits per heavy atom. The van der Waals surface area contributed by atoms with Crippen molar-refractivity contribution < 1.29 is 27.2 Å². The molecule has 0 aliphatic heterocycles. The van der Waals surface area contributed by atoms with E-state index in [-0.39, 0.29) is 11.8 Å². The molecule has 0 saturated heterocycles. The second-order valence-electron chi connectivity index (χ2n) is 6.64. The van der Waals surface area contributed by atoms with Gasteiger partial charge < -0.3 is 14.5 Å². The first-order valence-electron chi connectivity index (χ1n) is 9.05. The van der Waals surface area contributed by atoms with Crippen LogP contribution in [0, 0.1) is 0 Å². The van der Waals surface area contributed by atoms with Crippen LogP contribution in [-0.2, 0) is 19.6 Å². The van der Waals surface area contributed by atoms with Crippen LogP contribution in [0.4, 0.5) is 5.69 Å². The maximum atomic E-state index is 12.3. The van der Waals surface area contributed by atoms with Crippen LogP contribution in [0.2, 0.25) is 5.02 Å². The third-order valence-electron chi connectivity index (χ3n) is 4.18. The Bertz CT molecular complexity index is 1220. The zero-order valence-electron chi connectivity index (χ0n) is 15.8. The average molecular weight is 466 g/mol. The summed E-state index contributed by atoms with van der Waals surface area (Å²) in [7, 11) is -3.84. The summed E-state index contributed by atoms with van der Waals surface area (Å²) in [5.74, 6) is -1.97. The van der Waals surface area contributed by atoms with Crippen molar-refractivity contribution in [1.29, 1.82) is 0 Å². The van der Waals surface area contributed by atoms with Crippen molar-refractivity contribution in [2.75, 3.05) is 11.9 Å². The predicted molar refractivity (Wildman–Crippen MR) is 107 cm³/mol. The van der Waals surface area contributed by atoms with Gasteiger partial charge in [-0.3, -0.25) is 4.79 Å². The summed E-state index contributed by atoms with van der Waals surface area (Å²) in [4.78, 5) is 28.2. The Kier molecular flexibility index (Phi) is 5.76. The van der Waals surface area contributed by atoms with Crippen LogP contribution in [0.1, 0.15) is 23.4 Å². The molecule has 0 atom stereocenters. The Hall–Kier alpha value is -3.22. The quantitative estimate of drug-likeness (QED) is 0.478. The number of sulfonamides is 1. The van der Waals surface area contributed by atoms with Crippen molar-refractivity contribution >= 4 is 39.2 Å². The number of rotatable bonds is 8. The Labute approximate surface area is 181 Å². The maximum Gasteiger partial charge on any atom is 0.374 e. The molecule has 0 unspecified atom stereocenters. The first kappa shape index (κ1) is 21.0. The number of esters is 1. The lowest BCUT2D eigenvalue weighted by atomic mass is 10.2. The highest BCUT2D eigenvalue weighted by Crippen LogP contribution is 2.25. The number of ether oxygens (including phenoxy) is 1. The summed E-state index contributed by atoms with van der Waals surface area (Å²) in [6, 6.07) is 6.98. The van der Waals surface area contributed by atoms with Gasteiger partial charge in [0.25, 0.3) is 15.9 Å². The van der Waals surface area contributed by atoms with Crippen LogP contribution in [0.25, 0.3) is 5.69 Å². The molecule has 1 aromatic carbocycles. The molecule has 11 nitrogen and oxygen atoms in total. The number of benzene rings is 1. The van der Waals surface area contributed by atoms with Gasteiger partial charge in [-0.2, -0.15) is 5.10 Å². The molecule has 4 rings (SSSR count). The third kappa shape index (κ3) is 5.10. The summed E-state index contributed by atoms with van der Waals surface area (Å²) >= 11 is 6.00. The zero-order valence-corrected chi connectivity index (χ0v) is 17.4. The van der Waals surface area contributed by atoms with Gasteiger partial charge in [-0.05, 0) is 43.2 Å². The fourth-order valence-corrected chi connectivity index (χ4v) is 3.99. The zero-order chi connectivity index (χ0) is 22.0. The third-order valence-corrected chi connectivity index (χ3v) is 5.81. The summed E-state index contributed by atoms with van der Waals surface area (Å²) in [5, 5.41) is 6.56. The first-order chi connectivity index (χ1) is 14.8. The van der Waals surface area contributed by atoms with Crippen molar-refractivity contribution in [3.05, 3.63) is 53.8 Å². The molecule has 2 aromatic heterocycles. The molecule has 13 heteroatoms. The van der Waals surface area contributed by atoms with E-state index >= 15 is 0 Å². The number of amides is 1. The molecule has 162 valence electrons. The van der Waals surface area contributed by atoms with E-state index in [2.05, 4.69) is 20.1 Å². The Morgan fingerprint density at radius 3 is 2.77 bits per heavy atom. The van der Waals surface area contributed by atoms with E-state index in [0.717, 1.165) is 18.9 Å². The number of nitrogens with one attached hydrogen (secondary N) is 2. The molecule has 0 radical (unpaired) electrons. The molecule has 2 N–H and O–H groups in total. The average Bonchev–Trinajstić information content (AvgIpc) is 3.19. The molecule has 1 aliphatic rings. The lowest BCUT2D eigenvalue weighted by molar-refractivity contribution is -0.119. The summed E-state index contributed by atoms with van der Waals surface area (Å²) in [5.41, 5.74) is 0.835. The summed E-state index contributed by atoms with van der Waals surface area (Å²) < 4.78 is 38.1. The number of halogens is 1. The summed E-state index contributed by atoms with van der Waals surface area (Å²) in [6.07, 6.45) is 4.30. The second kappa shape index (κ2) is 8.49. The van der Waals surface area contributed by atoms with Gasteiger partial charge in [0.2, 0.25) is 10.9 Å². The number of furan rings is 1. The number of carbonyl (C=O) groups is 2. The number of hydrogen-bond donors (Lipinski definition) is 2. The molecule has 1 amide bonds. The highest BCUT2D eigenvalue weighted by molar-refractivity contribution is 7.89. The van der Waals surface area contributed by atoms with Gasteiger partial charge in [0.1, 0.15) is 12.7 Å². The van der Waals surface area contributed by atoms with Crippen LogP contribution in [-0.4, -0.2) is 47.7 Å². The molecule has 1 saturated carbocycles. The van der Waals surface area contributed by atoms with E-state index in [1.807, 2.05) is 0 Å². The van der Waals surface area contributed by atoms with Gasteiger partial charge in [-0.15, -0.1) is 0 Å². The van der Waals surface area contributed by atoms with Crippen molar-refractivity contribution in [3.8, 4) is 5.69 Å². The van der Waals surface area contributed by atoms with Crippen LogP contribution in [0.3, 0.4) is 0 Å². The minimum atomic E-state index is -3.84. The number of aromatic nitrogens is 3. The van der Waals surface area contributed by atoms with E-state index < -0.39 is 33.6 Å². The molecular weight excluding hydrogens is 450 g/mol. The van der Waals surface area contributed by atoms with Crippen LogP contribution >= 0.6 is 11.6 Å². The number of carbonyl (C=O) groups excluding carboxylic acids is 2. The van der Waals surface area contributed by atoms with E-state index in [1.165, 1.54) is 29.5 Å². The van der Waals surface area contributed by atoms with Gasteiger partial charge in [0.15, 0.2) is 6.61 Å². The van der Waals surface area contributed by atoms with Crippen LogP contribution in [0.5, 0.6) is 0 Å². The minimum Gasteiger partial charge on any atom is -0.450 e. The fourth-order valence-electron chi connectivity index (χ4n) is 2.58. The van der Waals surface area contributed by atoms with Crippen molar-refractivity contribution in [2.24, 2.45) is 0 Å². The first-order valence-corrected chi connectivity index (χ1v) is 10.9. The van der Waals surface area contributed by atoms with Crippen molar-refractivity contribution in [2.45, 2.75) is 24.0 Å². The van der Waals surface area contributed by atoms with E-state index in [4.69, 9.17) is 20.8 Å². The number of nitrogens with zero attached hydrogens (tertiary/aromatic N) is 3. The van der Waals surface area contributed by atoms with Gasteiger partial charge in [0, 0.05) is 11.1 Å². The Morgan fingerprint density at radius 1 is 1.26 bits per heavy atom. The number of hydrogen-bond acceptors (Lipinski definition) is 8. The highest BCUT2D eigenvalue weighted by atomic mass is 35.5. The predicted octanol–water partition coefficient (Wildman–Crippen LogP) is 1.75. The molecule has 2 heterocycles.